The summed E-state index contributed by atoms with van der Waals surface area (Å²) in [6, 6.07) is 10.8. The molecule has 2 nitrogen and oxygen atoms in total. The molecule has 1 aromatic carbocycles. The van der Waals surface area contributed by atoms with Gasteiger partial charge in [-0.2, -0.15) is 0 Å². The van der Waals surface area contributed by atoms with Crippen LogP contribution in [0.15, 0.2) is 30.3 Å². The van der Waals surface area contributed by atoms with E-state index < -0.39 is 0 Å². The van der Waals surface area contributed by atoms with Crippen molar-refractivity contribution < 1.29 is 0 Å². The van der Waals surface area contributed by atoms with Gasteiger partial charge in [-0.15, -0.1) is 0 Å². The highest BCUT2D eigenvalue weighted by Crippen LogP contribution is 2.29. The van der Waals surface area contributed by atoms with Gasteiger partial charge in [0.15, 0.2) is 0 Å². The van der Waals surface area contributed by atoms with E-state index in [1.54, 1.807) is 0 Å². The fourth-order valence-electron chi connectivity index (χ4n) is 2.72. The quantitative estimate of drug-likeness (QED) is 0.882. The molecule has 0 spiro atoms. The summed E-state index contributed by atoms with van der Waals surface area (Å²) in [5.74, 6) is 0. The zero-order valence-electron chi connectivity index (χ0n) is 12.2. The molecule has 1 aliphatic rings. The molecule has 100 valence electrons. The van der Waals surface area contributed by atoms with Crippen LogP contribution < -0.4 is 5.32 Å². The summed E-state index contributed by atoms with van der Waals surface area (Å²) in [5.41, 5.74) is 1.76. The molecule has 1 N–H and O–H groups in total. The fourth-order valence-corrected chi connectivity index (χ4v) is 2.72. The lowest BCUT2D eigenvalue weighted by atomic mass is 9.86. The topological polar surface area (TPSA) is 15.3 Å². The van der Waals surface area contributed by atoms with Crippen molar-refractivity contribution in [3.05, 3.63) is 35.9 Å². The summed E-state index contributed by atoms with van der Waals surface area (Å²) in [6.45, 7) is 12.6. The average molecular weight is 246 g/mol. The van der Waals surface area contributed by atoms with Gasteiger partial charge < -0.3 is 5.32 Å². The minimum atomic E-state index is 0.0753. The van der Waals surface area contributed by atoms with E-state index in [-0.39, 0.29) is 11.1 Å². The van der Waals surface area contributed by atoms with Gasteiger partial charge in [-0.3, -0.25) is 4.90 Å². The zero-order chi connectivity index (χ0) is 13.2. The van der Waals surface area contributed by atoms with Crippen LogP contribution in [-0.2, 0) is 5.54 Å². The SMILES string of the molecule is CCC(C)(C)N1CCNC(C)(c2ccccc2)C1. The second-order valence-electron chi connectivity index (χ2n) is 6.21. The van der Waals surface area contributed by atoms with E-state index in [9.17, 15) is 0 Å². The van der Waals surface area contributed by atoms with Crippen molar-refractivity contribution in [1.82, 2.24) is 10.2 Å². The largest absolute Gasteiger partial charge is 0.305 e. The highest BCUT2D eigenvalue weighted by molar-refractivity contribution is 5.25. The first-order valence-corrected chi connectivity index (χ1v) is 7.03. The molecule has 1 fully saturated rings. The average Bonchev–Trinajstić information content (AvgIpc) is 2.40. The molecule has 1 saturated heterocycles. The molecule has 0 saturated carbocycles. The molecular weight excluding hydrogens is 220 g/mol. The van der Waals surface area contributed by atoms with Gasteiger partial charge in [0, 0.05) is 25.2 Å². The maximum absolute atomic E-state index is 3.70. The van der Waals surface area contributed by atoms with Crippen LogP contribution in [0, 0.1) is 0 Å². The Hall–Kier alpha value is -0.860. The van der Waals surface area contributed by atoms with E-state index in [0.717, 1.165) is 19.6 Å². The minimum absolute atomic E-state index is 0.0753. The van der Waals surface area contributed by atoms with Gasteiger partial charge in [-0.25, -0.2) is 0 Å². The van der Waals surface area contributed by atoms with Crippen LogP contribution in [-0.4, -0.2) is 30.1 Å². The summed E-state index contributed by atoms with van der Waals surface area (Å²) in [4.78, 5) is 2.62. The first-order chi connectivity index (χ1) is 8.48. The molecule has 0 aliphatic carbocycles. The van der Waals surface area contributed by atoms with Crippen LogP contribution in [0.5, 0.6) is 0 Å². The lowest BCUT2D eigenvalue weighted by Gasteiger charge is -2.48. The van der Waals surface area contributed by atoms with E-state index >= 15 is 0 Å². The van der Waals surface area contributed by atoms with Crippen LogP contribution in [0.1, 0.15) is 39.7 Å². The lowest BCUT2D eigenvalue weighted by molar-refractivity contribution is 0.0480. The second kappa shape index (κ2) is 5.02. The summed E-state index contributed by atoms with van der Waals surface area (Å²) >= 11 is 0. The van der Waals surface area contributed by atoms with Crippen molar-refractivity contribution in [2.24, 2.45) is 0 Å². The zero-order valence-corrected chi connectivity index (χ0v) is 12.2. The third-order valence-corrected chi connectivity index (χ3v) is 4.54. The van der Waals surface area contributed by atoms with Gasteiger partial charge in [0.05, 0.1) is 5.54 Å². The third-order valence-electron chi connectivity index (χ3n) is 4.54. The van der Waals surface area contributed by atoms with Gasteiger partial charge in [-0.05, 0) is 32.8 Å². The number of benzene rings is 1. The predicted octanol–water partition coefficient (Wildman–Crippen LogP) is 3.00. The molecule has 0 amide bonds. The molecular formula is C16H26N2. The highest BCUT2D eigenvalue weighted by atomic mass is 15.3. The summed E-state index contributed by atoms with van der Waals surface area (Å²) < 4.78 is 0. The minimum Gasteiger partial charge on any atom is -0.305 e. The Morgan fingerprint density at radius 1 is 1.28 bits per heavy atom. The number of nitrogens with one attached hydrogen (secondary N) is 1. The van der Waals surface area contributed by atoms with E-state index in [0.29, 0.717) is 0 Å². The monoisotopic (exact) mass is 246 g/mol. The van der Waals surface area contributed by atoms with Crippen LogP contribution >= 0.6 is 0 Å². The smallest absolute Gasteiger partial charge is 0.0535 e. The van der Waals surface area contributed by atoms with Crippen molar-refractivity contribution in [2.75, 3.05) is 19.6 Å². The van der Waals surface area contributed by atoms with Crippen LogP contribution in [0.2, 0.25) is 0 Å². The maximum Gasteiger partial charge on any atom is 0.0535 e. The number of nitrogens with zero attached hydrogens (tertiary/aromatic N) is 1. The number of piperazine rings is 1. The van der Waals surface area contributed by atoms with Gasteiger partial charge in [0.25, 0.3) is 0 Å². The molecule has 0 aromatic heterocycles. The first kappa shape index (κ1) is 13.6. The highest BCUT2D eigenvalue weighted by Gasteiger charge is 2.37. The van der Waals surface area contributed by atoms with Gasteiger partial charge in [0.1, 0.15) is 0 Å². The molecule has 1 atom stereocenters. The number of rotatable bonds is 3. The summed E-state index contributed by atoms with van der Waals surface area (Å²) in [6.07, 6.45) is 1.19. The molecule has 0 radical (unpaired) electrons. The van der Waals surface area contributed by atoms with E-state index in [2.05, 4.69) is 68.2 Å². The standard InChI is InChI=1S/C16H26N2/c1-5-15(2,3)18-12-11-17-16(4,13-18)14-9-7-6-8-10-14/h6-10,17H,5,11-13H2,1-4H3. The number of hydrogen-bond acceptors (Lipinski definition) is 2. The number of hydrogen-bond donors (Lipinski definition) is 1. The van der Waals surface area contributed by atoms with Crippen LogP contribution in [0.4, 0.5) is 0 Å². The molecule has 2 heteroatoms. The van der Waals surface area contributed by atoms with Crippen LogP contribution in [0.3, 0.4) is 0 Å². The lowest BCUT2D eigenvalue weighted by Crippen LogP contribution is -2.61. The van der Waals surface area contributed by atoms with Crippen molar-refractivity contribution >= 4 is 0 Å². The van der Waals surface area contributed by atoms with Crippen molar-refractivity contribution in [3.8, 4) is 0 Å². The Bertz CT molecular complexity index is 385. The Balaban J connectivity index is 2.20. The molecule has 1 aromatic rings. The molecule has 2 rings (SSSR count). The van der Waals surface area contributed by atoms with Gasteiger partial charge in [0.2, 0.25) is 0 Å². The molecule has 1 heterocycles. The maximum atomic E-state index is 3.70. The molecule has 0 bridgehead atoms. The Morgan fingerprint density at radius 3 is 2.56 bits per heavy atom. The van der Waals surface area contributed by atoms with Crippen molar-refractivity contribution in [3.63, 3.8) is 0 Å². The Labute approximate surface area is 111 Å². The predicted molar refractivity (Wildman–Crippen MR) is 77.7 cm³/mol. The van der Waals surface area contributed by atoms with E-state index in [1.807, 2.05) is 0 Å². The first-order valence-electron chi connectivity index (χ1n) is 7.03. The van der Waals surface area contributed by atoms with Crippen LogP contribution in [0.25, 0.3) is 0 Å². The van der Waals surface area contributed by atoms with Gasteiger partial charge in [-0.1, -0.05) is 37.3 Å². The summed E-state index contributed by atoms with van der Waals surface area (Å²) in [7, 11) is 0. The van der Waals surface area contributed by atoms with Crippen molar-refractivity contribution in [1.29, 1.82) is 0 Å². The van der Waals surface area contributed by atoms with E-state index in [1.165, 1.54) is 12.0 Å². The van der Waals surface area contributed by atoms with Crippen molar-refractivity contribution in [2.45, 2.75) is 45.2 Å². The van der Waals surface area contributed by atoms with E-state index in [4.69, 9.17) is 0 Å². The molecule has 1 aliphatic heterocycles. The molecule has 18 heavy (non-hydrogen) atoms. The normalized spacial score (nSPS) is 26.2. The molecule has 1 unspecified atom stereocenters. The second-order valence-corrected chi connectivity index (χ2v) is 6.21. The summed E-state index contributed by atoms with van der Waals surface area (Å²) in [5, 5.41) is 3.70. The fraction of sp³-hybridized carbons (Fsp3) is 0.625. The van der Waals surface area contributed by atoms with Gasteiger partial charge >= 0.3 is 0 Å². The Kier molecular flexibility index (Phi) is 3.79. The third kappa shape index (κ3) is 2.60. The Morgan fingerprint density at radius 2 is 1.94 bits per heavy atom.